The number of alkyl halides is 2. The van der Waals surface area contributed by atoms with Gasteiger partial charge < -0.3 is 14.0 Å². The minimum atomic E-state index is -4.80. The summed E-state index contributed by atoms with van der Waals surface area (Å²) in [6.45, 7) is 3.67. The van der Waals surface area contributed by atoms with Crippen LogP contribution in [0.4, 0.5) is 10.7 Å². The van der Waals surface area contributed by atoms with Crippen LogP contribution in [0.25, 0.3) is 0 Å². The van der Waals surface area contributed by atoms with Crippen molar-refractivity contribution >= 4 is 65.4 Å². The summed E-state index contributed by atoms with van der Waals surface area (Å²) < 4.78 is 58.8. The molecule has 1 aliphatic heterocycles. The zero-order valence-corrected chi connectivity index (χ0v) is 24.9. The van der Waals surface area contributed by atoms with Gasteiger partial charge in [-0.3, -0.25) is 10.1 Å². The van der Waals surface area contributed by atoms with Crippen LogP contribution in [0.5, 0.6) is 5.75 Å². The number of halogens is 2. The highest BCUT2D eigenvalue weighted by molar-refractivity contribution is 8.06. The Hall–Kier alpha value is -1.68. The molecular weight excluding hydrogens is 599 g/mol. The zero-order chi connectivity index (χ0) is 28.1. The Morgan fingerprint density at radius 3 is 2.18 bits per heavy atom. The quantitative estimate of drug-likeness (QED) is 0.142. The molecular formula is C22H30Cl2N4O7S3. The lowest BCUT2D eigenvalue weighted by Crippen LogP contribution is -2.52. The summed E-state index contributed by atoms with van der Waals surface area (Å²) in [5.41, 5.74) is 1.24. The Kier molecular flexibility index (Phi) is 10.6. The third kappa shape index (κ3) is 7.29. The molecule has 0 amide bonds. The third-order valence-electron chi connectivity index (χ3n) is 6.22. The van der Waals surface area contributed by atoms with Crippen molar-refractivity contribution in [2.24, 2.45) is 0 Å². The van der Waals surface area contributed by atoms with Crippen molar-refractivity contribution in [1.29, 1.82) is 0 Å². The van der Waals surface area contributed by atoms with Gasteiger partial charge in [-0.15, -0.1) is 23.2 Å². The summed E-state index contributed by atoms with van der Waals surface area (Å²) >= 11 is 12.5. The Morgan fingerprint density at radius 1 is 1.08 bits per heavy atom. The fourth-order valence-electron chi connectivity index (χ4n) is 4.06. The van der Waals surface area contributed by atoms with Crippen LogP contribution in [0, 0.1) is 17.0 Å². The SMILES string of the molecule is Cc1csc([N+](=O)[O-])c1CC(S(=O)(=O)Oc1ccc(N(CCCl)CCCl)cc1)S(=O)(=O)N1CCN(C)CC1. The van der Waals surface area contributed by atoms with E-state index in [1.165, 1.54) is 17.5 Å². The highest BCUT2D eigenvalue weighted by Gasteiger charge is 2.45. The normalized spacial score (nSPS) is 16.3. The smallest absolute Gasteiger partial charge is 0.328 e. The molecule has 1 aromatic heterocycles. The Morgan fingerprint density at radius 2 is 1.66 bits per heavy atom. The van der Waals surface area contributed by atoms with Gasteiger partial charge >= 0.3 is 15.1 Å². The number of aryl methyl sites for hydroxylation is 1. The number of nitrogens with zero attached hydrogens (tertiary/aromatic N) is 4. The number of piperazine rings is 1. The molecule has 2 heterocycles. The van der Waals surface area contributed by atoms with E-state index in [1.54, 1.807) is 19.1 Å². The maximum atomic E-state index is 13.7. The molecule has 1 fully saturated rings. The number of hydrogen-bond acceptors (Lipinski definition) is 10. The summed E-state index contributed by atoms with van der Waals surface area (Å²) in [5.74, 6) is 0.646. The predicted octanol–water partition coefficient (Wildman–Crippen LogP) is 3.10. The van der Waals surface area contributed by atoms with Crippen LogP contribution in [0.15, 0.2) is 29.6 Å². The number of sulfonamides is 1. The Balaban J connectivity index is 1.96. The first-order valence-corrected chi connectivity index (χ1v) is 16.6. The second kappa shape index (κ2) is 13.1. The van der Waals surface area contributed by atoms with Gasteiger partial charge in [-0.2, -0.15) is 12.7 Å². The van der Waals surface area contributed by atoms with E-state index < -0.39 is 36.1 Å². The summed E-state index contributed by atoms with van der Waals surface area (Å²) in [4.78, 5) is 14.8. The minimum Gasteiger partial charge on any atom is -0.381 e. The number of rotatable bonds is 13. The molecule has 0 bridgehead atoms. The van der Waals surface area contributed by atoms with E-state index in [1.807, 2.05) is 16.8 Å². The number of nitro groups is 1. The van der Waals surface area contributed by atoms with Crippen molar-refractivity contribution in [3.05, 3.63) is 50.9 Å². The molecule has 0 N–H and O–H groups in total. The zero-order valence-electron chi connectivity index (χ0n) is 21.0. The Bertz CT molecular complexity index is 1310. The number of likely N-dealkylation sites (N-methyl/N-ethyl adjacent to an activating group) is 1. The lowest BCUT2D eigenvalue weighted by molar-refractivity contribution is -0.380. The number of thiophene rings is 1. The first kappa shape index (κ1) is 30.9. The number of hydrogen-bond donors (Lipinski definition) is 0. The van der Waals surface area contributed by atoms with Gasteiger partial charge in [0.2, 0.25) is 14.6 Å². The van der Waals surface area contributed by atoms with Crippen LogP contribution in [0.2, 0.25) is 0 Å². The van der Waals surface area contributed by atoms with Crippen molar-refractivity contribution in [2.45, 2.75) is 17.9 Å². The van der Waals surface area contributed by atoms with Crippen molar-refractivity contribution in [1.82, 2.24) is 9.21 Å². The van der Waals surface area contributed by atoms with Crippen LogP contribution in [-0.4, -0.2) is 93.6 Å². The first-order chi connectivity index (χ1) is 17.9. The van der Waals surface area contributed by atoms with Crippen LogP contribution < -0.4 is 9.08 Å². The highest BCUT2D eigenvalue weighted by Crippen LogP contribution is 2.34. The highest BCUT2D eigenvalue weighted by atomic mass is 35.5. The molecule has 1 unspecified atom stereocenters. The molecule has 38 heavy (non-hydrogen) atoms. The van der Waals surface area contributed by atoms with Gasteiger partial charge in [-0.25, -0.2) is 8.42 Å². The van der Waals surface area contributed by atoms with Crippen LogP contribution >= 0.6 is 34.5 Å². The molecule has 212 valence electrons. The molecule has 1 atom stereocenters. The summed E-state index contributed by atoms with van der Waals surface area (Å²) in [6.07, 6.45) is -0.611. The molecule has 2 aromatic rings. The maximum Gasteiger partial charge on any atom is 0.328 e. The molecule has 0 aliphatic carbocycles. The van der Waals surface area contributed by atoms with E-state index >= 15 is 0 Å². The molecule has 3 rings (SSSR count). The lowest BCUT2D eigenvalue weighted by Gasteiger charge is -2.33. The summed E-state index contributed by atoms with van der Waals surface area (Å²) in [6, 6.07) is 6.09. The first-order valence-electron chi connectivity index (χ1n) is 11.7. The molecule has 0 saturated carbocycles. The van der Waals surface area contributed by atoms with Gasteiger partial charge in [0.05, 0.1) is 4.92 Å². The van der Waals surface area contributed by atoms with E-state index in [2.05, 4.69) is 0 Å². The predicted molar refractivity (Wildman–Crippen MR) is 151 cm³/mol. The van der Waals surface area contributed by atoms with Gasteiger partial charge in [-0.05, 0) is 43.8 Å². The second-order valence-electron chi connectivity index (χ2n) is 8.78. The molecule has 1 aromatic carbocycles. The van der Waals surface area contributed by atoms with Gasteiger partial charge in [0.1, 0.15) is 5.75 Å². The lowest BCUT2D eigenvalue weighted by atomic mass is 10.1. The minimum absolute atomic E-state index is 0.0583. The standard InChI is InChI=1S/C22H30Cl2N4O7S3/c1-17-16-36-22(28(29)30)20(17)15-21(37(31,32)27-13-11-25(2)12-14-27)38(33,34)35-19-5-3-18(4-6-19)26(9-7-23)10-8-24/h3-6,16,21H,7-15H2,1-2H3. The van der Waals surface area contributed by atoms with Crippen LogP contribution in [-0.2, 0) is 26.6 Å². The van der Waals surface area contributed by atoms with Gasteiger partial charge in [0.15, 0.2) is 0 Å². The number of anilines is 1. The van der Waals surface area contributed by atoms with Crippen LogP contribution in [0.3, 0.4) is 0 Å². The van der Waals surface area contributed by atoms with Crippen molar-refractivity contribution in [3.8, 4) is 5.75 Å². The molecule has 11 nitrogen and oxygen atoms in total. The summed E-state index contributed by atoms with van der Waals surface area (Å²) in [5, 5.41) is 12.8. The van der Waals surface area contributed by atoms with E-state index in [4.69, 9.17) is 27.4 Å². The monoisotopic (exact) mass is 628 g/mol. The molecule has 0 spiro atoms. The largest absolute Gasteiger partial charge is 0.381 e. The van der Waals surface area contributed by atoms with Crippen molar-refractivity contribution in [2.75, 3.05) is 63.0 Å². The van der Waals surface area contributed by atoms with E-state index in [0.717, 1.165) is 21.3 Å². The van der Waals surface area contributed by atoms with Gasteiger partial charge in [0.25, 0.3) is 0 Å². The molecule has 16 heteroatoms. The molecule has 1 aliphatic rings. The third-order valence-corrected chi connectivity index (χ3v) is 12.2. The molecule has 0 radical (unpaired) electrons. The second-order valence-corrected chi connectivity index (χ2v) is 14.5. The van der Waals surface area contributed by atoms with E-state index in [-0.39, 0.29) is 29.4 Å². The van der Waals surface area contributed by atoms with Crippen molar-refractivity contribution in [3.63, 3.8) is 0 Å². The molecule has 1 saturated heterocycles. The average molecular weight is 630 g/mol. The summed E-state index contributed by atoms with van der Waals surface area (Å²) in [7, 11) is -7.42. The fraction of sp³-hybridized carbons (Fsp3) is 0.545. The fourth-order valence-corrected chi connectivity index (χ4v) is 9.29. The topological polar surface area (TPSA) is 130 Å². The van der Waals surface area contributed by atoms with E-state index in [0.29, 0.717) is 43.5 Å². The number of benzene rings is 1. The van der Waals surface area contributed by atoms with Gasteiger partial charge in [0, 0.05) is 74.1 Å². The van der Waals surface area contributed by atoms with Crippen LogP contribution in [0.1, 0.15) is 11.1 Å². The Labute approximate surface area is 237 Å². The van der Waals surface area contributed by atoms with E-state index in [9.17, 15) is 26.9 Å². The average Bonchev–Trinajstić information content (AvgIpc) is 3.23. The van der Waals surface area contributed by atoms with Gasteiger partial charge in [-0.1, -0.05) is 11.3 Å². The maximum absolute atomic E-state index is 13.7. The van der Waals surface area contributed by atoms with Crippen molar-refractivity contribution < 1.29 is 25.9 Å².